The predicted molar refractivity (Wildman–Crippen MR) is 66.1 cm³/mol. The lowest BCUT2D eigenvalue weighted by Gasteiger charge is -2.09. The minimum Gasteiger partial charge on any atom is -0.278 e. The fourth-order valence-corrected chi connectivity index (χ4v) is 2.67. The zero-order valence-corrected chi connectivity index (χ0v) is 10.7. The average molecular weight is 284 g/mol. The van der Waals surface area contributed by atoms with E-state index in [0.717, 1.165) is 18.3 Å². The zero-order chi connectivity index (χ0) is 14.0. The molecule has 0 aliphatic carbocycles. The minimum atomic E-state index is -4.07. The van der Waals surface area contributed by atoms with Gasteiger partial charge in [0.15, 0.2) is 0 Å². The molecule has 0 unspecified atom stereocenters. The summed E-state index contributed by atoms with van der Waals surface area (Å²) >= 11 is 0. The van der Waals surface area contributed by atoms with Crippen molar-refractivity contribution in [1.29, 1.82) is 0 Å². The van der Waals surface area contributed by atoms with E-state index < -0.39 is 26.7 Å². The highest BCUT2D eigenvalue weighted by molar-refractivity contribution is 7.92. The molecule has 2 aromatic rings. The van der Waals surface area contributed by atoms with Gasteiger partial charge in [-0.25, -0.2) is 17.8 Å². The fourth-order valence-electron chi connectivity index (χ4n) is 1.46. The number of anilines is 1. The normalized spacial score (nSPS) is 11.3. The molecular weight excluding hydrogens is 274 g/mol. The van der Waals surface area contributed by atoms with Crippen LogP contribution in [0, 0.1) is 18.7 Å². The maximum absolute atomic E-state index is 13.5. The van der Waals surface area contributed by atoms with Crippen LogP contribution in [0.5, 0.6) is 0 Å². The molecule has 0 aliphatic rings. The monoisotopic (exact) mass is 284 g/mol. The van der Waals surface area contributed by atoms with Gasteiger partial charge in [-0.3, -0.25) is 4.72 Å². The number of nitrogens with one attached hydrogen (secondary N) is 1. The van der Waals surface area contributed by atoms with Crippen molar-refractivity contribution in [3.63, 3.8) is 0 Å². The predicted octanol–water partition coefficient (Wildman–Crippen LogP) is 2.47. The Morgan fingerprint density at radius 3 is 2.53 bits per heavy atom. The van der Waals surface area contributed by atoms with Crippen molar-refractivity contribution in [2.24, 2.45) is 0 Å². The standard InChI is InChI=1S/C12H10F2N2O2S/c1-8-2-4-10(13)11(6-8)19(17,18)16-9-3-5-12(14)15-7-9/h2-7,16H,1H3. The number of hydrogen-bond acceptors (Lipinski definition) is 3. The van der Waals surface area contributed by atoms with Crippen LogP contribution in [0.3, 0.4) is 0 Å². The van der Waals surface area contributed by atoms with Gasteiger partial charge in [-0.05, 0) is 36.8 Å². The Hall–Kier alpha value is -2.02. The Labute approximate surface area is 109 Å². The summed E-state index contributed by atoms with van der Waals surface area (Å²) < 4.78 is 52.3. The first-order chi connectivity index (χ1) is 8.88. The number of aryl methyl sites for hydroxylation is 1. The highest BCUT2D eigenvalue weighted by atomic mass is 32.2. The summed E-state index contributed by atoms with van der Waals surface area (Å²) in [6.07, 6.45) is 1.01. The molecule has 1 N–H and O–H groups in total. The van der Waals surface area contributed by atoms with Gasteiger partial charge in [0.25, 0.3) is 10.0 Å². The van der Waals surface area contributed by atoms with Crippen molar-refractivity contribution in [3.8, 4) is 0 Å². The molecule has 0 saturated carbocycles. The third kappa shape index (κ3) is 3.05. The molecule has 1 heterocycles. The summed E-state index contributed by atoms with van der Waals surface area (Å²) in [5.74, 6) is -1.59. The molecule has 1 aromatic heterocycles. The summed E-state index contributed by atoms with van der Waals surface area (Å²) in [6.45, 7) is 1.65. The third-order valence-corrected chi connectivity index (χ3v) is 3.75. The quantitative estimate of drug-likeness (QED) is 0.881. The Morgan fingerprint density at radius 1 is 1.16 bits per heavy atom. The Bertz CT molecular complexity index is 700. The van der Waals surface area contributed by atoms with Crippen molar-refractivity contribution in [2.45, 2.75) is 11.8 Å². The van der Waals surface area contributed by atoms with Gasteiger partial charge in [0, 0.05) is 0 Å². The molecule has 0 saturated heterocycles. The highest BCUT2D eigenvalue weighted by Gasteiger charge is 2.19. The second-order valence-corrected chi connectivity index (χ2v) is 5.56. The molecule has 19 heavy (non-hydrogen) atoms. The molecule has 0 radical (unpaired) electrons. The molecule has 100 valence electrons. The molecule has 4 nitrogen and oxygen atoms in total. The minimum absolute atomic E-state index is 0.0577. The van der Waals surface area contributed by atoms with E-state index in [4.69, 9.17) is 0 Å². The van der Waals surface area contributed by atoms with Gasteiger partial charge in [-0.15, -0.1) is 0 Å². The molecule has 1 aromatic carbocycles. The lowest BCUT2D eigenvalue weighted by molar-refractivity contribution is 0.569. The van der Waals surface area contributed by atoms with Crippen LogP contribution >= 0.6 is 0 Å². The van der Waals surface area contributed by atoms with E-state index in [9.17, 15) is 17.2 Å². The molecule has 0 amide bonds. The van der Waals surface area contributed by atoms with E-state index in [0.29, 0.717) is 5.56 Å². The van der Waals surface area contributed by atoms with E-state index in [1.54, 1.807) is 6.92 Å². The first-order valence-electron chi connectivity index (χ1n) is 5.29. The molecule has 0 fully saturated rings. The Morgan fingerprint density at radius 2 is 1.89 bits per heavy atom. The van der Waals surface area contributed by atoms with Crippen LogP contribution < -0.4 is 4.72 Å². The molecular formula is C12H10F2N2O2S. The van der Waals surface area contributed by atoms with Crippen molar-refractivity contribution in [1.82, 2.24) is 4.98 Å². The number of rotatable bonds is 3. The van der Waals surface area contributed by atoms with E-state index in [-0.39, 0.29) is 5.69 Å². The van der Waals surface area contributed by atoms with Gasteiger partial charge in [-0.1, -0.05) is 6.07 Å². The fraction of sp³-hybridized carbons (Fsp3) is 0.0833. The number of hydrogen-bond donors (Lipinski definition) is 1. The van der Waals surface area contributed by atoms with Crippen LogP contribution in [-0.2, 0) is 10.0 Å². The van der Waals surface area contributed by atoms with Crippen molar-refractivity contribution >= 4 is 15.7 Å². The van der Waals surface area contributed by atoms with Crippen LogP contribution in [0.1, 0.15) is 5.56 Å². The Balaban J connectivity index is 2.37. The summed E-state index contributed by atoms with van der Waals surface area (Å²) in [6, 6.07) is 5.97. The van der Waals surface area contributed by atoms with Crippen LogP contribution in [-0.4, -0.2) is 13.4 Å². The van der Waals surface area contributed by atoms with E-state index in [1.807, 2.05) is 0 Å². The average Bonchev–Trinajstić information content (AvgIpc) is 2.35. The molecule has 2 rings (SSSR count). The third-order valence-electron chi connectivity index (χ3n) is 2.36. The smallest absolute Gasteiger partial charge is 0.264 e. The number of sulfonamides is 1. The molecule has 0 atom stereocenters. The number of pyridine rings is 1. The largest absolute Gasteiger partial charge is 0.278 e. The van der Waals surface area contributed by atoms with Crippen LogP contribution in [0.4, 0.5) is 14.5 Å². The summed E-state index contributed by atoms with van der Waals surface area (Å²) in [7, 11) is -4.07. The van der Waals surface area contributed by atoms with Crippen LogP contribution in [0.15, 0.2) is 41.4 Å². The second kappa shape index (κ2) is 4.93. The van der Waals surface area contributed by atoms with E-state index >= 15 is 0 Å². The second-order valence-electron chi connectivity index (χ2n) is 3.91. The van der Waals surface area contributed by atoms with E-state index in [1.165, 1.54) is 18.2 Å². The summed E-state index contributed by atoms with van der Waals surface area (Å²) in [5, 5.41) is 0. The lowest BCUT2D eigenvalue weighted by atomic mass is 10.2. The van der Waals surface area contributed by atoms with Crippen LogP contribution in [0.25, 0.3) is 0 Å². The van der Waals surface area contributed by atoms with Gasteiger partial charge in [-0.2, -0.15) is 4.39 Å². The first-order valence-corrected chi connectivity index (χ1v) is 6.77. The maximum atomic E-state index is 13.5. The van der Waals surface area contributed by atoms with Gasteiger partial charge < -0.3 is 0 Å². The summed E-state index contributed by atoms with van der Waals surface area (Å²) in [5.41, 5.74) is 0.668. The van der Waals surface area contributed by atoms with Crippen molar-refractivity contribution in [2.75, 3.05) is 4.72 Å². The SMILES string of the molecule is Cc1ccc(F)c(S(=O)(=O)Nc2ccc(F)nc2)c1. The van der Waals surface area contributed by atoms with E-state index in [2.05, 4.69) is 9.71 Å². The first kappa shape index (κ1) is 13.4. The molecule has 7 heteroatoms. The van der Waals surface area contributed by atoms with Gasteiger partial charge in [0.2, 0.25) is 5.95 Å². The molecule has 0 bridgehead atoms. The number of benzene rings is 1. The highest BCUT2D eigenvalue weighted by Crippen LogP contribution is 2.19. The Kier molecular flexibility index (Phi) is 3.48. The number of halogens is 2. The van der Waals surface area contributed by atoms with Crippen LogP contribution in [0.2, 0.25) is 0 Å². The number of nitrogens with zero attached hydrogens (tertiary/aromatic N) is 1. The molecule has 0 aliphatic heterocycles. The van der Waals surface area contributed by atoms with Crippen molar-refractivity contribution in [3.05, 3.63) is 53.9 Å². The maximum Gasteiger partial charge on any atom is 0.264 e. The lowest BCUT2D eigenvalue weighted by Crippen LogP contribution is -2.15. The zero-order valence-electron chi connectivity index (χ0n) is 9.89. The van der Waals surface area contributed by atoms with Gasteiger partial charge in [0.1, 0.15) is 10.7 Å². The summed E-state index contributed by atoms with van der Waals surface area (Å²) in [4.78, 5) is 2.85. The van der Waals surface area contributed by atoms with Gasteiger partial charge >= 0.3 is 0 Å². The number of aromatic nitrogens is 1. The molecule has 0 spiro atoms. The topological polar surface area (TPSA) is 59.1 Å². The van der Waals surface area contributed by atoms with Crippen molar-refractivity contribution < 1.29 is 17.2 Å². The van der Waals surface area contributed by atoms with Gasteiger partial charge in [0.05, 0.1) is 11.9 Å².